The van der Waals surface area contributed by atoms with Gasteiger partial charge in [0.2, 0.25) is 0 Å². The number of aromatic nitrogens is 4. The number of hydrogen-bond donors (Lipinski definition) is 0. The Balaban J connectivity index is 1.16. The van der Waals surface area contributed by atoms with Crippen LogP contribution in [0.5, 0.6) is 0 Å². The maximum Gasteiger partial charge on any atom is 0.164 e. The monoisotopic (exact) mass is 602 g/mol. The van der Waals surface area contributed by atoms with E-state index in [2.05, 4.69) is 91.0 Å². The molecule has 0 radical (unpaired) electrons. The van der Waals surface area contributed by atoms with Crippen LogP contribution in [0.25, 0.3) is 89.4 Å². The molecule has 5 nitrogen and oxygen atoms in total. The number of pyridine rings is 1. The van der Waals surface area contributed by atoms with Gasteiger partial charge in [-0.2, -0.15) is 0 Å². The minimum atomic E-state index is 0.612. The molecule has 0 aliphatic heterocycles. The highest BCUT2D eigenvalue weighted by Gasteiger charge is 2.18. The van der Waals surface area contributed by atoms with Crippen LogP contribution in [0.4, 0.5) is 0 Å². The fourth-order valence-corrected chi connectivity index (χ4v) is 6.20. The largest absolute Gasteiger partial charge is 0.454 e. The predicted molar refractivity (Wildman–Crippen MR) is 190 cm³/mol. The minimum Gasteiger partial charge on any atom is -0.454 e. The number of fused-ring (bicyclic) bond motifs is 4. The topological polar surface area (TPSA) is 64.7 Å². The third-order valence-corrected chi connectivity index (χ3v) is 8.55. The van der Waals surface area contributed by atoms with Gasteiger partial charge in [0.25, 0.3) is 0 Å². The second kappa shape index (κ2) is 11.2. The molecule has 0 unspecified atom stereocenters. The summed E-state index contributed by atoms with van der Waals surface area (Å²) in [5.41, 5.74) is 10.5. The van der Waals surface area contributed by atoms with Crippen molar-refractivity contribution >= 4 is 33.0 Å². The fraction of sp³-hybridized carbons (Fsp3) is 0. The van der Waals surface area contributed by atoms with Crippen LogP contribution < -0.4 is 0 Å². The molecule has 0 saturated heterocycles. The summed E-state index contributed by atoms with van der Waals surface area (Å²) in [6.45, 7) is 0. The summed E-state index contributed by atoms with van der Waals surface area (Å²) >= 11 is 0. The molecule has 0 spiro atoms. The van der Waals surface area contributed by atoms with E-state index >= 15 is 0 Å². The lowest BCUT2D eigenvalue weighted by atomic mass is 9.98. The molecule has 0 fully saturated rings. The van der Waals surface area contributed by atoms with Crippen LogP contribution in [-0.4, -0.2) is 19.9 Å². The number of rotatable bonds is 5. The molecule has 220 valence electrons. The van der Waals surface area contributed by atoms with Crippen molar-refractivity contribution in [3.63, 3.8) is 0 Å². The van der Waals surface area contributed by atoms with Crippen LogP contribution in [0.2, 0.25) is 0 Å². The molecular formula is C42H26N4O. The number of hydrogen-bond acceptors (Lipinski definition) is 5. The molecule has 3 heterocycles. The van der Waals surface area contributed by atoms with E-state index in [1.54, 1.807) is 0 Å². The molecule has 3 aromatic heterocycles. The Morgan fingerprint density at radius 3 is 1.43 bits per heavy atom. The summed E-state index contributed by atoms with van der Waals surface area (Å²) in [5.74, 6) is 1.87. The maximum absolute atomic E-state index is 6.43. The van der Waals surface area contributed by atoms with E-state index in [1.165, 1.54) is 5.56 Å². The van der Waals surface area contributed by atoms with E-state index in [4.69, 9.17) is 24.4 Å². The van der Waals surface area contributed by atoms with Gasteiger partial charge >= 0.3 is 0 Å². The molecule has 0 bridgehead atoms. The molecule has 47 heavy (non-hydrogen) atoms. The Hall–Kier alpha value is -6.46. The first-order valence-corrected chi connectivity index (χ1v) is 15.6. The number of para-hydroxylation sites is 2. The van der Waals surface area contributed by atoms with Crippen molar-refractivity contribution in [2.24, 2.45) is 0 Å². The number of furan rings is 1. The van der Waals surface area contributed by atoms with Crippen LogP contribution in [0.3, 0.4) is 0 Å². The molecule has 0 saturated carbocycles. The Labute approximate surface area is 270 Å². The van der Waals surface area contributed by atoms with Gasteiger partial charge in [0, 0.05) is 33.0 Å². The minimum absolute atomic E-state index is 0.612. The summed E-state index contributed by atoms with van der Waals surface area (Å²) in [6.07, 6.45) is 0. The summed E-state index contributed by atoms with van der Waals surface area (Å²) in [5, 5.41) is 2.05. The first-order valence-electron chi connectivity index (χ1n) is 15.6. The normalized spacial score (nSPS) is 11.4. The van der Waals surface area contributed by atoms with Crippen LogP contribution in [-0.2, 0) is 0 Å². The molecule has 0 amide bonds. The van der Waals surface area contributed by atoms with Gasteiger partial charge in [-0.05, 0) is 34.9 Å². The van der Waals surface area contributed by atoms with Crippen LogP contribution in [0, 0.1) is 0 Å². The zero-order chi connectivity index (χ0) is 31.2. The standard InChI is InChI=1S/C42H26N4O/c1-3-11-27(12-4-1)28-19-23-31(24-20-28)41-44-40(30-13-5-2-6-14-30)45-42(46-41)32-25-21-29(22-26-32)37-33-15-7-9-17-35(33)43-38-34-16-8-10-18-36(34)47-39(37)38/h1-26H. The predicted octanol–water partition coefficient (Wildman–Crippen LogP) is 10.7. The van der Waals surface area contributed by atoms with E-state index in [-0.39, 0.29) is 0 Å². The molecular weight excluding hydrogens is 576 g/mol. The highest BCUT2D eigenvalue weighted by atomic mass is 16.3. The van der Waals surface area contributed by atoms with Crippen LogP contribution in [0.1, 0.15) is 0 Å². The van der Waals surface area contributed by atoms with Gasteiger partial charge in [-0.3, -0.25) is 0 Å². The quantitative estimate of drug-likeness (QED) is 0.196. The zero-order valence-corrected chi connectivity index (χ0v) is 25.2. The van der Waals surface area contributed by atoms with Crippen molar-refractivity contribution in [2.75, 3.05) is 0 Å². The average Bonchev–Trinajstić information content (AvgIpc) is 3.52. The van der Waals surface area contributed by atoms with Gasteiger partial charge in [0.15, 0.2) is 23.1 Å². The van der Waals surface area contributed by atoms with Crippen molar-refractivity contribution < 1.29 is 4.42 Å². The number of benzene rings is 6. The average molecular weight is 603 g/mol. The van der Waals surface area contributed by atoms with E-state index < -0.39 is 0 Å². The summed E-state index contributed by atoms with van der Waals surface area (Å²) < 4.78 is 6.43. The third kappa shape index (κ3) is 4.82. The summed E-state index contributed by atoms with van der Waals surface area (Å²) in [4.78, 5) is 19.8. The zero-order valence-electron chi connectivity index (χ0n) is 25.2. The molecule has 6 aromatic carbocycles. The molecule has 0 N–H and O–H groups in total. The first kappa shape index (κ1) is 26.9. The van der Waals surface area contributed by atoms with E-state index in [0.717, 1.165) is 66.4 Å². The Morgan fingerprint density at radius 2 is 0.787 bits per heavy atom. The molecule has 0 atom stereocenters. The second-order valence-corrected chi connectivity index (χ2v) is 11.5. The van der Waals surface area contributed by atoms with Gasteiger partial charge in [-0.25, -0.2) is 19.9 Å². The van der Waals surface area contributed by atoms with Crippen molar-refractivity contribution in [1.82, 2.24) is 19.9 Å². The van der Waals surface area contributed by atoms with Gasteiger partial charge in [0.05, 0.1) is 5.52 Å². The molecule has 0 aliphatic carbocycles. The van der Waals surface area contributed by atoms with E-state index in [9.17, 15) is 0 Å². The number of nitrogens with zero attached hydrogens (tertiary/aromatic N) is 4. The third-order valence-electron chi connectivity index (χ3n) is 8.55. The van der Waals surface area contributed by atoms with Crippen LogP contribution >= 0.6 is 0 Å². The van der Waals surface area contributed by atoms with Crippen molar-refractivity contribution in [3.8, 4) is 56.4 Å². The molecule has 0 aliphatic rings. The molecule has 9 aromatic rings. The van der Waals surface area contributed by atoms with E-state index in [1.807, 2.05) is 66.7 Å². The van der Waals surface area contributed by atoms with Crippen LogP contribution in [0.15, 0.2) is 162 Å². The van der Waals surface area contributed by atoms with Gasteiger partial charge in [-0.1, -0.05) is 140 Å². The summed E-state index contributed by atoms with van der Waals surface area (Å²) in [7, 11) is 0. The van der Waals surface area contributed by atoms with E-state index in [0.29, 0.717) is 17.5 Å². The fourth-order valence-electron chi connectivity index (χ4n) is 6.20. The highest BCUT2D eigenvalue weighted by molar-refractivity contribution is 6.14. The van der Waals surface area contributed by atoms with Crippen molar-refractivity contribution in [3.05, 3.63) is 158 Å². The lowest BCUT2D eigenvalue weighted by Crippen LogP contribution is -2.00. The smallest absolute Gasteiger partial charge is 0.164 e. The lowest BCUT2D eigenvalue weighted by Gasteiger charge is -2.11. The molecule has 9 rings (SSSR count). The Bertz CT molecular complexity index is 2540. The Morgan fingerprint density at radius 1 is 0.340 bits per heavy atom. The van der Waals surface area contributed by atoms with Gasteiger partial charge < -0.3 is 4.42 Å². The van der Waals surface area contributed by atoms with Gasteiger partial charge in [-0.15, -0.1) is 0 Å². The maximum atomic E-state index is 6.43. The lowest BCUT2D eigenvalue weighted by molar-refractivity contribution is 0.670. The highest BCUT2D eigenvalue weighted by Crippen LogP contribution is 2.40. The van der Waals surface area contributed by atoms with Gasteiger partial charge in [0.1, 0.15) is 11.1 Å². The first-order chi connectivity index (χ1) is 23.3. The van der Waals surface area contributed by atoms with Crippen molar-refractivity contribution in [2.45, 2.75) is 0 Å². The molecule has 5 heteroatoms. The van der Waals surface area contributed by atoms with Crippen molar-refractivity contribution in [1.29, 1.82) is 0 Å². The Kier molecular flexibility index (Phi) is 6.39. The summed E-state index contributed by atoms with van der Waals surface area (Å²) in [6, 6.07) is 53.4. The second-order valence-electron chi connectivity index (χ2n) is 11.5. The SMILES string of the molecule is c1ccc(-c2ccc(-c3nc(-c4ccccc4)nc(-c4ccc(-c5c6ccccc6nc6c5oc5ccccc56)cc4)n3)cc2)cc1.